The average Bonchev–Trinajstić information content (AvgIpc) is 2.74. The van der Waals surface area contributed by atoms with Gasteiger partial charge < -0.3 is 11.1 Å². The molecule has 0 aliphatic heterocycles. The number of hydrogen-bond acceptors (Lipinski definition) is 4. The number of nitrogens with two attached hydrogens (primary N) is 1. The molecule has 0 saturated carbocycles. The summed E-state index contributed by atoms with van der Waals surface area (Å²) in [4.78, 5) is 12.8. The smallest absolute Gasteiger partial charge is 0.261 e. The van der Waals surface area contributed by atoms with E-state index in [2.05, 4.69) is 10.0 Å². The summed E-state index contributed by atoms with van der Waals surface area (Å²) >= 11 is 0. The van der Waals surface area contributed by atoms with Gasteiger partial charge in [0.05, 0.1) is 17.0 Å². The highest BCUT2D eigenvalue weighted by atomic mass is 32.2. The van der Waals surface area contributed by atoms with E-state index in [1.165, 1.54) is 12.1 Å². The van der Waals surface area contributed by atoms with Crippen LogP contribution in [0.3, 0.4) is 0 Å². The molecule has 0 heterocycles. The zero-order chi connectivity index (χ0) is 22.6. The third kappa shape index (κ3) is 5.29. The minimum atomic E-state index is -3.74. The van der Waals surface area contributed by atoms with Crippen LogP contribution in [0, 0.1) is 19.3 Å². The molecule has 0 unspecified atom stereocenters. The van der Waals surface area contributed by atoms with Crippen molar-refractivity contribution in [1.29, 1.82) is 5.41 Å². The second-order valence-electron chi connectivity index (χ2n) is 7.18. The molecule has 160 valence electrons. The lowest BCUT2D eigenvalue weighted by Crippen LogP contribution is -2.18. The summed E-state index contributed by atoms with van der Waals surface area (Å²) in [5, 5.41) is 10.3. The van der Waals surface area contributed by atoms with Crippen molar-refractivity contribution in [3.63, 3.8) is 0 Å². The first kappa shape index (κ1) is 22.0. The van der Waals surface area contributed by atoms with Crippen molar-refractivity contribution in [3.8, 4) is 0 Å². The van der Waals surface area contributed by atoms with E-state index in [0.717, 1.165) is 11.1 Å². The molecule has 3 aromatic carbocycles. The summed E-state index contributed by atoms with van der Waals surface area (Å²) in [5.74, 6) is -0.262. The van der Waals surface area contributed by atoms with E-state index in [4.69, 9.17) is 11.1 Å². The average molecular weight is 437 g/mol. The van der Waals surface area contributed by atoms with E-state index in [1.54, 1.807) is 61.5 Å². The van der Waals surface area contributed by atoms with Gasteiger partial charge in [0.2, 0.25) is 5.91 Å². The standard InChI is InChI=1S/C23H24N4O3S/c1-15-8-13-20(27-31(29,30)19-6-4-3-5-7-19)16(2)22(15)26-21(28)14-17-9-11-18(12-10-17)23(24)25/h3-13,27H,14H2,1-2H3,(H3,24,25)(H,26,28). The van der Waals surface area contributed by atoms with Crippen LogP contribution in [0.2, 0.25) is 0 Å². The summed E-state index contributed by atoms with van der Waals surface area (Å²) in [6.45, 7) is 3.60. The van der Waals surface area contributed by atoms with Crippen LogP contribution in [0.25, 0.3) is 0 Å². The van der Waals surface area contributed by atoms with Gasteiger partial charge in [-0.15, -0.1) is 0 Å². The number of rotatable bonds is 7. The highest BCUT2D eigenvalue weighted by Gasteiger charge is 2.17. The molecule has 1 amide bonds. The zero-order valence-electron chi connectivity index (χ0n) is 17.3. The summed E-state index contributed by atoms with van der Waals surface area (Å²) in [5.41, 5.74) is 9.23. The highest BCUT2D eigenvalue weighted by Crippen LogP contribution is 2.29. The fourth-order valence-corrected chi connectivity index (χ4v) is 4.27. The molecule has 0 spiro atoms. The minimum absolute atomic E-state index is 0.0305. The molecule has 7 nitrogen and oxygen atoms in total. The number of nitrogens with one attached hydrogen (secondary N) is 3. The lowest BCUT2D eigenvalue weighted by Gasteiger charge is -2.17. The first-order valence-electron chi connectivity index (χ1n) is 9.58. The molecule has 31 heavy (non-hydrogen) atoms. The molecule has 8 heteroatoms. The Bertz CT molecular complexity index is 1220. The SMILES string of the molecule is Cc1ccc(NS(=O)(=O)c2ccccc2)c(C)c1NC(=O)Cc1ccc(C(=N)N)cc1. The van der Waals surface area contributed by atoms with Crippen LogP contribution in [0.15, 0.2) is 71.6 Å². The molecule has 0 aliphatic rings. The van der Waals surface area contributed by atoms with E-state index in [-0.39, 0.29) is 23.1 Å². The van der Waals surface area contributed by atoms with Crippen LogP contribution in [-0.2, 0) is 21.2 Å². The Hall–Kier alpha value is -3.65. The van der Waals surface area contributed by atoms with Crippen molar-refractivity contribution < 1.29 is 13.2 Å². The number of carbonyl (C=O) groups is 1. The lowest BCUT2D eigenvalue weighted by atomic mass is 10.1. The maximum atomic E-state index is 12.7. The number of hydrogen-bond donors (Lipinski definition) is 4. The Kier molecular flexibility index (Phi) is 6.41. The molecule has 0 saturated heterocycles. The van der Waals surface area contributed by atoms with E-state index < -0.39 is 10.0 Å². The van der Waals surface area contributed by atoms with Crippen LogP contribution < -0.4 is 15.8 Å². The second-order valence-corrected chi connectivity index (χ2v) is 8.87. The molecule has 0 atom stereocenters. The zero-order valence-corrected chi connectivity index (χ0v) is 18.1. The van der Waals surface area contributed by atoms with Gasteiger partial charge in [-0.05, 0) is 48.7 Å². The monoisotopic (exact) mass is 436 g/mol. The molecular formula is C23H24N4O3S. The van der Waals surface area contributed by atoms with Gasteiger partial charge in [0.1, 0.15) is 5.84 Å². The Morgan fingerprint density at radius 1 is 0.968 bits per heavy atom. The third-order valence-corrected chi connectivity index (χ3v) is 6.25. The first-order chi connectivity index (χ1) is 14.7. The first-order valence-corrected chi connectivity index (χ1v) is 11.1. The number of benzene rings is 3. The van der Waals surface area contributed by atoms with E-state index >= 15 is 0 Å². The summed E-state index contributed by atoms with van der Waals surface area (Å²) in [6, 6.07) is 18.4. The fraction of sp³-hybridized carbons (Fsp3) is 0.130. The van der Waals surface area contributed by atoms with E-state index in [1.807, 2.05) is 6.92 Å². The molecule has 0 radical (unpaired) electrons. The topological polar surface area (TPSA) is 125 Å². The predicted molar refractivity (Wildman–Crippen MR) is 123 cm³/mol. The van der Waals surface area contributed by atoms with Crippen LogP contribution >= 0.6 is 0 Å². The second kappa shape index (κ2) is 9.01. The van der Waals surface area contributed by atoms with Crippen molar-refractivity contribution in [2.75, 3.05) is 10.0 Å². The molecule has 0 aromatic heterocycles. The van der Waals surface area contributed by atoms with E-state index in [9.17, 15) is 13.2 Å². The van der Waals surface area contributed by atoms with Crippen LogP contribution in [-0.4, -0.2) is 20.2 Å². The Labute approximate surface area is 181 Å². The number of nitrogen functional groups attached to an aromatic ring is 1. The van der Waals surface area contributed by atoms with Crippen molar-refractivity contribution in [1.82, 2.24) is 0 Å². The molecule has 3 rings (SSSR count). The van der Waals surface area contributed by atoms with Crippen molar-refractivity contribution in [2.45, 2.75) is 25.2 Å². The fourth-order valence-electron chi connectivity index (χ4n) is 3.12. The Morgan fingerprint density at radius 3 is 2.23 bits per heavy atom. The van der Waals surface area contributed by atoms with Gasteiger partial charge >= 0.3 is 0 Å². The van der Waals surface area contributed by atoms with Crippen LogP contribution in [0.5, 0.6) is 0 Å². The largest absolute Gasteiger partial charge is 0.384 e. The molecule has 0 bridgehead atoms. The number of amides is 1. The van der Waals surface area contributed by atoms with Gasteiger partial charge in [0, 0.05) is 11.3 Å². The highest BCUT2D eigenvalue weighted by molar-refractivity contribution is 7.92. The number of aryl methyl sites for hydroxylation is 1. The van der Waals surface area contributed by atoms with Gasteiger partial charge in [0.15, 0.2) is 0 Å². The van der Waals surface area contributed by atoms with Gasteiger partial charge in [-0.25, -0.2) is 8.42 Å². The van der Waals surface area contributed by atoms with Gasteiger partial charge in [-0.1, -0.05) is 48.5 Å². The quantitative estimate of drug-likeness (QED) is 0.334. The number of anilines is 2. The number of amidine groups is 1. The van der Waals surface area contributed by atoms with Crippen LogP contribution in [0.4, 0.5) is 11.4 Å². The summed E-state index contributed by atoms with van der Waals surface area (Å²) in [7, 11) is -3.74. The maximum Gasteiger partial charge on any atom is 0.261 e. The molecule has 5 N–H and O–H groups in total. The summed E-state index contributed by atoms with van der Waals surface area (Å²) < 4.78 is 27.9. The normalized spacial score (nSPS) is 11.0. The van der Waals surface area contributed by atoms with Crippen molar-refractivity contribution in [3.05, 3.63) is 89.0 Å². The molecule has 3 aromatic rings. The molecule has 0 fully saturated rings. The lowest BCUT2D eigenvalue weighted by molar-refractivity contribution is -0.115. The van der Waals surface area contributed by atoms with Crippen LogP contribution in [0.1, 0.15) is 22.3 Å². The number of sulfonamides is 1. The third-order valence-electron chi connectivity index (χ3n) is 4.87. The summed E-state index contributed by atoms with van der Waals surface area (Å²) in [6.07, 6.45) is 0.136. The maximum absolute atomic E-state index is 12.7. The minimum Gasteiger partial charge on any atom is -0.384 e. The van der Waals surface area contributed by atoms with Gasteiger partial charge in [0.25, 0.3) is 10.0 Å². The van der Waals surface area contributed by atoms with E-state index in [0.29, 0.717) is 22.5 Å². The molecular weight excluding hydrogens is 412 g/mol. The van der Waals surface area contributed by atoms with Crippen molar-refractivity contribution in [2.24, 2.45) is 5.73 Å². The Morgan fingerprint density at radius 2 is 1.61 bits per heavy atom. The van der Waals surface area contributed by atoms with Gasteiger partial charge in [-0.3, -0.25) is 14.9 Å². The Balaban J connectivity index is 1.79. The van der Waals surface area contributed by atoms with Crippen molar-refractivity contribution >= 4 is 33.1 Å². The predicted octanol–water partition coefficient (Wildman–Crippen LogP) is 3.57. The van der Waals surface area contributed by atoms with Gasteiger partial charge in [-0.2, -0.15) is 0 Å². The number of carbonyl (C=O) groups excluding carboxylic acids is 1. The molecule has 0 aliphatic carbocycles.